The van der Waals surface area contributed by atoms with Crippen molar-refractivity contribution in [2.45, 2.75) is 0 Å². The molecule has 1 fully saturated rings. The van der Waals surface area contributed by atoms with Crippen molar-refractivity contribution in [1.29, 1.82) is 5.41 Å². The molecule has 1 spiro atoms. The standard InChI is InChI=1S/C12H8N4O3/c13-8-6-3-1-2-4-7(6)14-5-12(8)9(17)15-11(19)16-10(12)18/h1-5,13H,(H2,15,16,17,18,19). The summed E-state index contributed by atoms with van der Waals surface area (Å²) in [4.78, 5) is 39.1. The summed E-state index contributed by atoms with van der Waals surface area (Å²) in [6, 6.07) is 5.82. The number of nitrogens with zero attached hydrogens (tertiary/aromatic N) is 1. The molecular formula is C12H8N4O3. The summed E-state index contributed by atoms with van der Waals surface area (Å²) in [5.74, 6) is -1.71. The molecular weight excluding hydrogens is 248 g/mol. The van der Waals surface area contributed by atoms with Crippen molar-refractivity contribution < 1.29 is 14.4 Å². The van der Waals surface area contributed by atoms with Crippen LogP contribution in [0.5, 0.6) is 0 Å². The van der Waals surface area contributed by atoms with Crippen molar-refractivity contribution >= 4 is 35.5 Å². The van der Waals surface area contributed by atoms with E-state index < -0.39 is 23.3 Å². The van der Waals surface area contributed by atoms with Crippen LogP contribution in [0.25, 0.3) is 0 Å². The van der Waals surface area contributed by atoms with Gasteiger partial charge >= 0.3 is 6.03 Å². The van der Waals surface area contributed by atoms with Gasteiger partial charge in [0.25, 0.3) is 11.8 Å². The van der Waals surface area contributed by atoms with Crippen LogP contribution in [0.1, 0.15) is 5.56 Å². The molecule has 7 nitrogen and oxygen atoms in total. The number of imide groups is 2. The van der Waals surface area contributed by atoms with Crippen molar-refractivity contribution in [3.8, 4) is 0 Å². The maximum absolute atomic E-state index is 12.0. The number of amides is 4. The van der Waals surface area contributed by atoms with Gasteiger partial charge in [-0.2, -0.15) is 0 Å². The third-order valence-electron chi connectivity index (χ3n) is 3.14. The first kappa shape index (κ1) is 11.3. The highest BCUT2D eigenvalue weighted by molar-refractivity contribution is 6.44. The van der Waals surface area contributed by atoms with Gasteiger partial charge in [0.15, 0.2) is 0 Å². The first-order valence-corrected chi connectivity index (χ1v) is 5.46. The first-order chi connectivity index (χ1) is 9.05. The van der Waals surface area contributed by atoms with Gasteiger partial charge in [-0.25, -0.2) is 4.79 Å². The molecule has 0 unspecified atom stereocenters. The molecule has 7 heteroatoms. The maximum atomic E-state index is 12.0. The van der Waals surface area contributed by atoms with Gasteiger partial charge in [-0.1, -0.05) is 18.2 Å². The minimum Gasteiger partial charge on any atom is -0.303 e. The number of hydrogen-bond donors (Lipinski definition) is 3. The summed E-state index contributed by atoms with van der Waals surface area (Å²) in [5.41, 5.74) is -1.16. The molecule has 2 aliphatic heterocycles. The van der Waals surface area contributed by atoms with Crippen LogP contribution in [0.3, 0.4) is 0 Å². The lowest BCUT2D eigenvalue weighted by Gasteiger charge is -2.33. The van der Waals surface area contributed by atoms with Gasteiger partial charge in [0, 0.05) is 11.8 Å². The van der Waals surface area contributed by atoms with E-state index in [2.05, 4.69) is 4.99 Å². The fourth-order valence-electron chi connectivity index (χ4n) is 2.12. The predicted molar refractivity (Wildman–Crippen MR) is 65.5 cm³/mol. The number of benzene rings is 1. The Balaban J connectivity index is 2.18. The molecule has 94 valence electrons. The fraction of sp³-hybridized carbons (Fsp3) is 0.0833. The van der Waals surface area contributed by atoms with Gasteiger partial charge in [-0.3, -0.25) is 25.2 Å². The van der Waals surface area contributed by atoms with Crippen LogP contribution in [0, 0.1) is 10.8 Å². The molecule has 3 N–H and O–H groups in total. The topological polar surface area (TPSA) is 111 Å². The smallest absolute Gasteiger partial charge is 0.303 e. The number of aliphatic imine (C=N–C) groups is 1. The molecule has 0 bridgehead atoms. The number of urea groups is 1. The third kappa shape index (κ3) is 1.35. The molecule has 19 heavy (non-hydrogen) atoms. The largest absolute Gasteiger partial charge is 0.328 e. The molecule has 0 saturated carbocycles. The monoisotopic (exact) mass is 256 g/mol. The molecule has 1 aromatic rings. The normalized spacial score (nSPS) is 20.0. The van der Waals surface area contributed by atoms with Gasteiger partial charge in [0.05, 0.1) is 11.4 Å². The highest BCUT2D eigenvalue weighted by atomic mass is 16.2. The van der Waals surface area contributed by atoms with E-state index in [1.54, 1.807) is 24.3 Å². The number of hydrogen-bond acceptors (Lipinski definition) is 5. The van der Waals surface area contributed by atoms with Crippen LogP contribution in [0.2, 0.25) is 0 Å². The molecule has 1 saturated heterocycles. The zero-order valence-electron chi connectivity index (χ0n) is 9.56. The van der Waals surface area contributed by atoms with Crippen LogP contribution in [0.15, 0.2) is 29.3 Å². The van der Waals surface area contributed by atoms with Crippen LogP contribution in [0.4, 0.5) is 10.5 Å². The highest BCUT2D eigenvalue weighted by Gasteiger charge is 2.54. The van der Waals surface area contributed by atoms with Crippen molar-refractivity contribution in [3.63, 3.8) is 0 Å². The summed E-state index contributed by atoms with van der Waals surface area (Å²) in [7, 11) is 0. The summed E-state index contributed by atoms with van der Waals surface area (Å²) in [5, 5.41) is 12.1. The van der Waals surface area contributed by atoms with Crippen LogP contribution >= 0.6 is 0 Å². The second-order valence-electron chi connectivity index (χ2n) is 4.20. The van der Waals surface area contributed by atoms with E-state index in [9.17, 15) is 14.4 Å². The van der Waals surface area contributed by atoms with E-state index in [1.165, 1.54) is 0 Å². The fourth-order valence-corrected chi connectivity index (χ4v) is 2.12. The van der Waals surface area contributed by atoms with Crippen LogP contribution in [-0.2, 0) is 9.59 Å². The molecule has 0 radical (unpaired) electrons. The average molecular weight is 256 g/mol. The van der Waals surface area contributed by atoms with Crippen molar-refractivity contribution in [1.82, 2.24) is 10.6 Å². The summed E-state index contributed by atoms with van der Waals surface area (Å²) >= 11 is 0. The maximum Gasteiger partial charge on any atom is 0.328 e. The number of nitrogens with one attached hydrogen (secondary N) is 3. The Morgan fingerprint density at radius 2 is 1.68 bits per heavy atom. The van der Waals surface area contributed by atoms with Gasteiger partial charge in [0.1, 0.15) is 0 Å². The van der Waals surface area contributed by atoms with Crippen LogP contribution < -0.4 is 10.6 Å². The van der Waals surface area contributed by atoms with E-state index in [-0.39, 0.29) is 5.71 Å². The Hall–Kier alpha value is -2.83. The number of fused-ring (bicyclic) bond motifs is 1. The number of carbonyl (C=O) groups is 3. The molecule has 1 aromatic carbocycles. The molecule has 0 aliphatic carbocycles. The molecule has 2 aliphatic rings. The lowest BCUT2D eigenvalue weighted by molar-refractivity contribution is -0.135. The highest BCUT2D eigenvalue weighted by Crippen LogP contribution is 2.34. The van der Waals surface area contributed by atoms with E-state index in [4.69, 9.17) is 5.41 Å². The van der Waals surface area contributed by atoms with Crippen LogP contribution in [-0.4, -0.2) is 29.8 Å². The SMILES string of the molecule is N=C1c2ccccc2N=CC12C(=O)NC(=O)NC2=O. The quantitative estimate of drug-likeness (QED) is 0.573. The zero-order chi connectivity index (χ0) is 13.6. The minimum absolute atomic E-state index is 0.194. The Kier molecular flexibility index (Phi) is 2.12. The Morgan fingerprint density at radius 1 is 1.05 bits per heavy atom. The molecule has 2 heterocycles. The van der Waals surface area contributed by atoms with Gasteiger partial charge < -0.3 is 5.41 Å². The Morgan fingerprint density at radius 3 is 2.37 bits per heavy atom. The van der Waals surface area contributed by atoms with Crippen molar-refractivity contribution in [3.05, 3.63) is 29.8 Å². The van der Waals surface area contributed by atoms with E-state index in [0.717, 1.165) is 6.21 Å². The third-order valence-corrected chi connectivity index (χ3v) is 3.14. The Labute approximate surface area is 107 Å². The molecule has 4 amide bonds. The number of rotatable bonds is 0. The second-order valence-corrected chi connectivity index (χ2v) is 4.20. The zero-order valence-corrected chi connectivity index (χ0v) is 9.56. The van der Waals surface area contributed by atoms with E-state index in [0.29, 0.717) is 11.3 Å². The second kappa shape index (κ2) is 3.58. The minimum atomic E-state index is -1.87. The van der Waals surface area contributed by atoms with Crippen molar-refractivity contribution in [2.24, 2.45) is 10.4 Å². The van der Waals surface area contributed by atoms with Crippen molar-refractivity contribution in [2.75, 3.05) is 0 Å². The number of para-hydroxylation sites is 1. The molecule has 0 aromatic heterocycles. The average Bonchev–Trinajstić information content (AvgIpc) is 2.38. The summed E-state index contributed by atoms with van der Waals surface area (Å²) < 4.78 is 0. The predicted octanol–water partition coefficient (Wildman–Crippen LogP) is 0.123. The summed E-state index contributed by atoms with van der Waals surface area (Å²) in [6.45, 7) is 0. The van der Waals surface area contributed by atoms with E-state index >= 15 is 0 Å². The van der Waals surface area contributed by atoms with Gasteiger partial charge in [-0.15, -0.1) is 0 Å². The number of carbonyl (C=O) groups excluding carboxylic acids is 3. The molecule has 3 rings (SSSR count). The van der Waals surface area contributed by atoms with Gasteiger partial charge in [-0.05, 0) is 6.07 Å². The Bertz CT molecular complexity index is 657. The number of barbiturate groups is 1. The lowest BCUT2D eigenvalue weighted by atomic mass is 9.76. The van der Waals surface area contributed by atoms with E-state index in [1.807, 2.05) is 10.6 Å². The lowest BCUT2D eigenvalue weighted by Crippen LogP contribution is -2.66. The summed E-state index contributed by atoms with van der Waals surface area (Å²) in [6.07, 6.45) is 1.11. The first-order valence-electron chi connectivity index (χ1n) is 5.46. The molecule has 0 atom stereocenters. The van der Waals surface area contributed by atoms with Gasteiger partial charge in [0.2, 0.25) is 5.41 Å².